The van der Waals surface area contributed by atoms with Crippen LogP contribution in [0.4, 0.5) is 0 Å². The van der Waals surface area contributed by atoms with Crippen LogP contribution < -0.4 is 0 Å². The summed E-state index contributed by atoms with van der Waals surface area (Å²) in [6.45, 7) is 0. The predicted molar refractivity (Wildman–Crippen MR) is 184 cm³/mol. The van der Waals surface area contributed by atoms with Crippen molar-refractivity contribution in [3.8, 4) is 28.2 Å². The normalized spacial score (nSPS) is 12.0. The van der Waals surface area contributed by atoms with Gasteiger partial charge >= 0.3 is 0 Å². The number of fused-ring (bicyclic) bond motifs is 9. The average Bonchev–Trinajstić information content (AvgIpc) is 3.77. The second kappa shape index (κ2) is 9.18. The SMILES string of the molecule is c1cc(-c2ccc3oc4ccc(-c5ccc6oc7ccccc7c6c5)cc4c3c2)nc(-n2c3ccccc3c3ccccc32)c1. The van der Waals surface area contributed by atoms with Crippen LogP contribution in [0.2, 0.25) is 0 Å². The van der Waals surface area contributed by atoms with Gasteiger partial charge in [0.2, 0.25) is 0 Å². The van der Waals surface area contributed by atoms with Gasteiger partial charge in [-0.15, -0.1) is 0 Å². The maximum Gasteiger partial charge on any atom is 0.138 e. The van der Waals surface area contributed by atoms with E-state index in [2.05, 4.69) is 138 Å². The molecule has 4 nitrogen and oxygen atoms in total. The van der Waals surface area contributed by atoms with Gasteiger partial charge in [-0.1, -0.05) is 72.8 Å². The number of para-hydroxylation sites is 3. The Morgan fingerprint density at radius 1 is 0.378 bits per heavy atom. The third kappa shape index (κ3) is 3.63. The summed E-state index contributed by atoms with van der Waals surface area (Å²) in [4.78, 5) is 5.19. The molecule has 4 heteroatoms. The Morgan fingerprint density at radius 3 is 1.51 bits per heavy atom. The smallest absolute Gasteiger partial charge is 0.138 e. The van der Waals surface area contributed by atoms with Gasteiger partial charge in [0.1, 0.15) is 28.1 Å². The molecule has 0 atom stereocenters. The highest BCUT2D eigenvalue weighted by molar-refractivity contribution is 6.10. The lowest BCUT2D eigenvalue weighted by Crippen LogP contribution is -1.98. The van der Waals surface area contributed by atoms with Gasteiger partial charge in [0.15, 0.2) is 0 Å². The Balaban J connectivity index is 1.11. The lowest BCUT2D eigenvalue weighted by atomic mass is 10.00. The van der Waals surface area contributed by atoms with E-state index in [9.17, 15) is 0 Å². The highest BCUT2D eigenvalue weighted by Gasteiger charge is 2.15. The van der Waals surface area contributed by atoms with E-state index in [0.717, 1.165) is 83.1 Å². The average molecular weight is 577 g/mol. The van der Waals surface area contributed by atoms with Gasteiger partial charge in [-0.2, -0.15) is 0 Å². The van der Waals surface area contributed by atoms with Crippen molar-refractivity contribution in [2.45, 2.75) is 0 Å². The molecule has 0 radical (unpaired) electrons. The first kappa shape index (κ1) is 24.3. The quantitative estimate of drug-likeness (QED) is 0.210. The predicted octanol–water partition coefficient (Wildman–Crippen LogP) is 11.3. The number of hydrogen-bond donors (Lipinski definition) is 0. The Kier molecular flexibility index (Phi) is 4.96. The van der Waals surface area contributed by atoms with Crippen molar-refractivity contribution < 1.29 is 8.83 Å². The third-order valence-electron chi connectivity index (χ3n) is 9.02. The number of hydrogen-bond acceptors (Lipinski definition) is 3. The lowest BCUT2D eigenvalue weighted by Gasteiger charge is -2.09. The zero-order valence-corrected chi connectivity index (χ0v) is 24.1. The van der Waals surface area contributed by atoms with Gasteiger partial charge < -0.3 is 8.83 Å². The minimum absolute atomic E-state index is 0.862. The van der Waals surface area contributed by atoms with Crippen LogP contribution >= 0.6 is 0 Å². The Morgan fingerprint density at radius 2 is 0.867 bits per heavy atom. The molecular weight excluding hydrogens is 552 g/mol. The second-order valence-electron chi connectivity index (χ2n) is 11.6. The molecule has 0 bridgehead atoms. The van der Waals surface area contributed by atoms with Crippen LogP contribution in [0.15, 0.2) is 154 Å². The molecule has 0 aliphatic heterocycles. The van der Waals surface area contributed by atoms with Crippen molar-refractivity contribution in [2.75, 3.05) is 0 Å². The van der Waals surface area contributed by atoms with Gasteiger partial charge in [0.25, 0.3) is 0 Å². The fraction of sp³-hybridized carbons (Fsp3) is 0. The van der Waals surface area contributed by atoms with Crippen LogP contribution in [0.5, 0.6) is 0 Å². The molecule has 0 fully saturated rings. The van der Waals surface area contributed by atoms with Gasteiger partial charge in [-0.05, 0) is 83.9 Å². The summed E-state index contributed by atoms with van der Waals surface area (Å²) >= 11 is 0. The van der Waals surface area contributed by atoms with E-state index in [1.807, 2.05) is 12.1 Å². The molecule has 45 heavy (non-hydrogen) atoms. The molecule has 0 aliphatic carbocycles. The largest absolute Gasteiger partial charge is 0.456 e. The monoisotopic (exact) mass is 576 g/mol. The maximum absolute atomic E-state index is 6.29. The number of furan rings is 2. The fourth-order valence-electron chi connectivity index (χ4n) is 6.90. The topological polar surface area (TPSA) is 44.1 Å². The summed E-state index contributed by atoms with van der Waals surface area (Å²) in [5.41, 5.74) is 10.1. The maximum atomic E-state index is 6.29. The van der Waals surface area contributed by atoms with Crippen LogP contribution in [-0.2, 0) is 0 Å². The van der Waals surface area contributed by atoms with Gasteiger partial charge in [-0.25, -0.2) is 4.98 Å². The summed E-state index contributed by atoms with van der Waals surface area (Å²) in [5, 5.41) is 6.86. The van der Waals surface area contributed by atoms with Crippen LogP contribution in [-0.4, -0.2) is 9.55 Å². The molecule has 6 aromatic carbocycles. The Bertz CT molecular complexity index is 2720. The molecular formula is C41H24N2O2. The molecule has 210 valence electrons. The minimum Gasteiger partial charge on any atom is -0.456 e. The molecule has 0 aliphatic rings. The molecule has 10 aromatic rings. The molecule has 0 saturated heterocycles. The zero-order valence-electron chi connectivity index (χ0n) is 24.1. The third-order valence-corrected chi connectivity index (χ3v) is 9.02. The van der Waals surface area contributed by atoms with Gasteiger partial charge in [0.05, 0.1) is 16.7 Å². The molecule has 0 saturated carbocycles. The first-order chi connectivity index (χ1) is 22.3. The molecule has 4 heterocycles. The Hall–Kier alpha value is -6.13. The van der Waals surface area contributed by atoms with Crippen molar-refractivity contribution in [1.82, 2.24) is 9.55 Å². The second-order valence-corrected chi connectivity index (χ2v) is 11.6. The summed E-state index contributed by atoms with van der Waals surface area (Å²) in [6, 6.07) is 50.7. The van der Waals surface area contributed by atoms with E-state index in [0.29, 0.717) is 0 Å². The van der Waals surface area contributed by atoms with Crippen molar-refractivity contribution in [1.29, 1.82) is 0 Å². The van der Waals surface area contributed by atoms with E-state index in [-0.39, 0.29) is 0 Å². The van der Waals surface area contributed by atoms with Crippen molar-refractivity contribution in [2.24, 2.45) is 0 Å². The zero-order chi connectivity index (χ0) is 29.5. The first-order valence-corrected chi connectivity index (χ1v) is 15.1. The molecule has 10 rings (SSSR count). The van der Waals surface area contributed by atoms with Crippen LogP contribution in [0.25, 0.3) is 93.9 Å². The van der Waals surface area contributed by atoms with E-state index in [4.69, 9.17) is 13.8 Å². The van der Waals surface area contributed by atoms with Crippen LogP contribution in [0.1, 0.15) is 0 Å². The van der Waals surface area contributed by atoms with Gasteiger partial charge in [-0.3, -0.25) is 4.57 Å². The van der Waals surface area contributed by atoms with E-state index in [1.54, 1.807) is 0 Å². The fourth-order valence-corrected chi connectivity index (χ4v) is 6.90. The Labute approximate surface area is 257 Å². The van der Waals surface area contributed by atoms with Crippen LogP contribution in [0, 0.1) is 0 Å². The number of rotatable bonds is 3. The van der Waals surface area contributed by atoms with E-state index in [1.165, 1.54) is 10.8 Å². The van der Waals surface area contributed by atoms with Crippen molar-refractivity contribution >= 4 is 65.7 Å². The summed E-state index contributed by atoms with van der Waals surface area (Å²) < 4.78 is 14.6. The number of pyridine rings is 1. The first-order valence-electron chi connectivity index (χ1n) is 15.1. The highest BCUT2D eigenvalue weighted by atomic mass is 16.3. The van der Waals surface area contributed by atoms with Gasteiger partial charge in [0, 0.05) is 37.9 Å². The molecule has 0 N–H and O–H groups in total. The van der Waals surface area contributed by atoms with Crippen molar-refractivity contribution in [3.05, 3.63) is 146 Å². The highest BCUT2D eigenvalue weighted by Crippen LogP contribution is 2.37. The molecule has 0 spiro atoms. The number of benzene rings is 6. The van der Waals surface area contributed by atoms with Crippen molar-refractivity contribution in [3.63, 3.8) is 0 Å². The summed E-state index contributed by atoms with van der Waals surface area (Å²) in [6.07, 6.45) is 0. The molecule has 0 amide bonds. The summed E-state index contributed by atoms with van der Waals surface area (Å²) in [7, 11) is 0. The summed E-state index contributed by atoms with van der Waals surface area (Å²) in [5.74, 6) is 0.895. The van der Waals surface area contributed by atoms with E-state index < -0.39 is 0 Å². The van der Waals surface area contributed by atoms with Crippen LogP contribution in [0.3, 0.4) is 0 Å². The number of nitrogens with zero attached hydrogens (tertiary/aromatic N) is 2. The molecule has 0 unspecified atom stereocenters. The number of aromatic nitrogens is 2. The standard InChI is InChI=1S/C41H24N2O2/c1-4-12-35-28(8-1)29-9-2-5-13-36(29)43(35)41-15-7-11-34(42-41)27-18-21-40-33(24-27)32-23-26(17-20-39(32)45-40)25-16-19-38-31(22-25)30-10-3-6-14-37(30)44-38/h1-24H. The van der Waals surface area contributed by atoms with E-state index >= 15 is 0 Å². The lowest BCUT2D eigenvalue weighted by molar-refractivity contribution is 0.668. The molecule has 4 aromatic heterocycles. The minimum atomic E-state index is 0.862.